The number of hydrogen-bond acceptors (Lipinski definition) is 3. The molecule has 0 aromatic carbocycles. The Bertz CT molecular complexity index is 267. The van der Waals surface area contributed by atoms with E-state index >= 15 is 0 Å². The molecule has 2 rings (SSSR count). The third kappa shape index (κ3) is 3.57. The quantitative estimate of drug-likeness (QED) is 0.807. The van der Waals surface area contributed by atoms with Gasteiger partial charge in [-0.1, -0.05) is 12.8 Å². The van der Waals surface area contributed by atoms with E-state index in [0.717, 1.165) is 25.7 Å². The Labute approximate surface area is 109 Å². The molecule has 1 saturated heterocycles. The van der Waals surface area contributed by atoms with Crippen molar-refractivity contribution in [2.45, 2.75) is 63.2 Å². The van der Waals surface area contributed by atoms with Gasteiger partial charge in [-0.2, -0.15) is 0 Å². The van der Waals surface area contributed by atoms with E-state index in [-0.39, 0.29) is 36.1 Å². The summed E-state index contributed by atoms with van der Waals surface area (Å²) in [5, 5.41) is 3.14. The van der Waals surface area contributed by atoms with Crippen LogP contribution in [0.3, 0.4) is 0 Å². The van der Waals surface area contributed by atoms with Gasteiger partial charge in [-0.25, -0.2) is 0 Å². The second kappa shape index (κ2) is 6.03. The highest BCUT2D eigenvalue weighted by molar-refractivity contribution is 5.85. The van der Waals surface area contributed by atoms with Crippen molar-refractivity contribution in [2.24, 2.45) is 5.73 Å². The summed E-state index contributed by atoms with van der Waals surface area (Å²) < 4.78 is 5.59. The van der Waals surface area contributed by atoms with Gasteiger partial charge in [0.1, 0.15) is 6.10 Å². The standard InChI is InChI=1S/C12H22N2O2.ClH/c1-12(6-2-3-7-12)14-11(15)10-5-4-9(8-13)16-10;/h9-10H,2-8,13H2,1H3,(H,14,15);1H/t9-,10+;/m1./s1. The molecule has 4 nitrogen and oxygen atoms in total. The highest BCUT2D eigenvalue weighted by Crippen LogP contribution is 2.29. The SMILES string of the molecule is CC1(NC(=O)[C@@H]2CC[C@H](CN)O2)CCCC1.Cl. The lowest BCUT2D eigenvalue weighted by molar-refractivity contribution is -0.133. The largest absolute Gasteiger partial charge is 0.364 e. The molecule has 2 aliphatic rings. The van der Waals surface area contributed by atoms with Crippen LogP contribution in [0, 0.1) is 0 Å². The number of rotatable bonds is 3. The lowest BCUT2D eigenvalue weighted by Gasteiger charge is -2.27. The van der Waals surface area contributed by atoms with Gasteiger partial charge in [0.25, 0.3) is 0 Å². The summed E-state index contributed by atoms with van der Waals surface area (Å²) in [5.41, 5.74) is 5.53. The summed E-state index contributed by atoms with van der Waals surface area (Å²) in [6.07, 6.45) is 6.13. The van der Waals surface area contributed by atoms with Crippen molar-refractivity contribution in [3.05, 3.63) is 0 Å². The summed E-state index contributed by atoms with van der Waals surface area (Å²) in [4.78, 5) is 12.0. The molecular weight excluding hydrogens is 240 g/mol. The zero-order valence-electron chi connectivity index (χ0n) is 10.4. The van der Waals surface area contributed by atoms with Gasteiger partial charge in [0.15, 0.2) is 0 Å². The van der Waals surface area contributed by atoms with Crippen LogP contribution >= 0.6 is 12.4 Å². The summed E-state index contributed by atoms with van der Waals surface area (Å²) in [5.74, 6) is 0.0559. The zero-order valence-corrected chi connectivity index (χ0v) is 11.2. The van der Waals surface area contributed by atoms with E-state index in [1.165, 1.54) is 12.8 Å². The van der Waals surface area contributed by atoms with E-state index in [9.17, 15) is 4.79 Å². The van der Waals surface area contributed by atoms with Gasteiger partial charge in [-0.15, -0.1) is 12.4 Å². The molecular formula is C12H23ClN2O2. The molecule has 1 aliphatic carbocycles. The number of nitrogens with one attached hydrogen (secondary N) is 1. The predicted octanol–water partition coefficient (Wildman–Crippen LogP) is 1.36. The molecule has 0 bridgehead atoms. The van der Waals surface area contributed by atoms with Crippen molar-refractivity contribution in [3.63, 3.8) is 0 Å². The topological polar surface area (TPSA) is 64.4 Å². The van der Waals surface area contributed by atoms with Crippen LogP contribution in [0.4, 0.5) is 0 Å². The molecule has 0 radical (unpaired) electrons. The Hall–Kier alpha value is -0.320. The van der Waals surface area contributed by atoms with E-state index in [1.807, 2.05) is 0 Å². The molecule has 1 aliphatic heterocycles. The molecule has 1 saturated carbocycles. The molecule has 1 heterocycles. The van der Waals surface area contributed by atoms with Crippen LogP contribution < -0.4 is 11.1 Å². The van der Waals surface area contributed by atoms with Crippen LogP contribution in [-0.2, 0) is 9.53 Å². The fourth-order valence-corrected chi connectivity index (χ4v) is 2.73. The molecule has 17 heavy (non-hydrogen) atoms. The minimum absolute atomic E-state index is 0. The summed E-state index contributed by atoms with van der Waals surface area (Å²) in [7, 11) is 0. The Kier molecular flexibility index (Phi) is 5.22. The Balaban J connectivity index is 0.00000144. The number of carbonyl (C=O) groups is 1. The Morgan fingerprint density at radius 3 is 2.59 bits per heavy atom. The fraction of sp³-hybridized carbons (Fsp3) is 0.917. The van der Waals surface area contributed by atoms with Crippen LogP contribution in [0.5, 0.6) is 0 Å². The van der Waals surface area contributed by atoms with E-state index < -0.39 is 0 Å². The van der Waals surface area contributed by atoms with Crippen LogP contribution in [0.1, 0.15) is 45.4 Å². The summed E-state index contributed by atoms with van der Waals surface area (Å²) >= 11 is 0. The third-order valence-corrected chi connectivity index (χ3v) is 3.79. The van der Waals surface area contributed by atoms with E-state index in [1.54, 1.807) is 0 Å². The van der Waals surface area contributed by atoms with Crippen molar-refractivity contribution < 1.29 is 9.53 Å². The number of hydrogen-bond donors (Lipinski definition) is 2. The molecule has 2 atom stereocenters. The first kappa shape index (κ1) is 14.7. The van der Waals surface area contributed by atoms with Crippen molar-refractivity contribution in [1.29, 1.82) is 0 Å². The van der Waals surface area contributed by atoms with Gasteiger partial charge in [0, 0.05) is 12.1 Å². The van der Waals surface area contributed by atoms with Gasteiger partial charge in [0.05, 0.1) is 6.10 Å². The second-order valence-electron chi connectivity index (χ2n) is 5.32. The maximum atomic E-state index is 12.0. The average molecular weight is 263 g/mol. The van der Waals surface area contributed by atoms with Crippen LogP contribution in [0.2, 0.25) is 0 Å². The Morgan fingerprint density at radius 2 is 2.06 bits per heavy atom. The highest BCUT2D eigenvalue weighted by Gasteiger charge is 2.35. The molecule has 5 heteroatoms. The van der Waals surface area contributed by atoms with E-state index in [0.29, 0.717) is 6.54 Å². The molecule has 0 aromatic rings. The van der Waals surface area contributed by atoms with Crippen LogP contribution in [0.15, 0.2) is 0 Å². The van der Waals surface area contributed by atoms with Crippen LogP contribution in [0.25, 0.3) is 0 Å². The Morgan fingerprint density at radius 1 is 1.41 bits per heavy atom. The highest BCUT2D eigenvalue weighted by atomic mass is 35.5. The normalized spacial score (nSPS) is 30.9. The predicted molar refractivity (Wildman–Crippen MR) is 69.2 cm³/mol. The minimum atomic E-state index is -0.272. The lowest BCUT2D eigenvalue weighted by atomic mass is 10.00. The van der Waals surface area contributed by atoms with E-state index in [4.69, 9.17) is 10.5 Å². The van der Waals surface area contributed by atoms with Crippen LogP contribution in [-0.4, -0.2) is 30.2 Å². The zero-order chi connectivity index (χ0) is 11.6. The van der Waals surface area contributed by atoms with Gasteiger partial charge >= 0.3 is 0 Å². The molecule has 0 spiro atoms. The van der Waals surface area contributed by atoms with Gasteiger partial charge in [-0.3, -0.25) is 4.79 Å². The fourth-order valence-electron chi connectivity index (χ4n) is 2.73. The summed E-state index contributed by atoms with van der Waals surface area (Å²) in [6, 6.07) is 0. The maximum Gasteiger partial charge on any atom is 0.249 e. The maximum absolute atomic E-state index is 12.0. The van der Waals surface area contributed by atoms with Crippen molar-refractivity contribution in [1.82, 2.24) is 5.32 Å². The summed E-state index contributed by atoms with van der Waals surface area (Å²) in [6.45, 7) is 2.65. The lowest BCUT2D eigenvalue weighted by Crippen LogP contribution is -2.48. The first-order chi connectivity index (χ1) is 7.63. The number of carbonyl (C=O) groups excluding carboxylic acids is 1. The monoisotopic (exact) mass is 262 g/mol. The van der Waals surface area contributed by atoms with Gasteiger partial charge in [-0.05, 0) is 32.6 Å². The second-order valence-corrected chi connectivity index (χ2v) is 5.32. The molecule has 100 valence electrons. The molecule has 2 fully saturated rings. The van der Waals surface area contributed by atoms with Gasteiger partial charge in [0.2, 0.25) is 5.91 Å². The van der Waals surface area contributed by atoms with Crippen molar-refractivity contribution in [2.75, 3.05) is 6.54 Å². The third-order valence-electron chi connectivity index (χ3n) is 3.79. The first-order valence-corrected chi connectivity index (χ1v) is 6.30. The van der Waals surface area contributed by atoms with Crippen molar-refractivity contribution in [3.8, 4) is 0 Å². The van der Waals surface area contributed by atoms with E-state index in [2.05, 4.69) is 12.2 Å². The number of halogens is 1. The minimum Gasteiger partial charge on any atom is -0.364 e. The van der Waals surface area contributed by atoms with Crippen molar-refractivity contribution >= 4 is 18.3 Å². The molecule has 1 amide bonds. The van der Waals surface area contributed by atoms with Gasteiger partial charge < -0.3 is 15.8 Å². The number of amides is 1. The molecule has 3 N–H and O–H groups in total. The average Bonchev–Trinajstić information content (AvgIpc) is 2.86. The first-order valence-electron chi connectivity index (χ1n) is 6.30. The smallest absolute Gasteiger partial charge is 0.249 e. The molecule has 0 aromatic heterocycles. The molecule has 0 unspecified atom stereocenters. The number of nitrogens with two attached hydrogens (primary N) is 1. The number of ether oxygens (including phenoxy) is 1.